The Morgan fingerprint density at radius 3 is 2.57 bits per heavy atom. The molecule has 1 atom stereocenters. The van der Waals surface area contributed by atoms with Crippen molar-refractivity contribution in [3.05, 3.63) is 35.9 Å². The first kappa shape index (κ1) is 10.9. The minimum absolute atomic E-state index is 0.0743. The molecule has 0 amide bonds. The van der Waals surface area contributed by atoms with Gasteiger partial charge in [-0.25, -0.2) is 0 Å². The average molecular weight is 192 g/mol. The maximum Gasteiger partial charge on any atom is 0.155 e. The SMILES string of the molecule is CC(=O)COC[C@@H](C)c1ccccc1. The van der Waals surface area contributed by atoms with Crippen molar-refractivity contribution in [1.82, 2.24) is 0 Å². The van der Waals surface area contributed by atoms with E-state index in [2.05, 4.69) is 19.1 Å². The van der Waals surface area contributed by atoms with Crippen molar-refractivity contribution in [3.63, 3.8) is 0 Å². The smallest absolute Gasteiger partial charge is 0.155 e. The molecule has 2 nitrogen and oxygen atoms in total. The predicted octanol–water partition coefficient (Wildman–Crippen LogP) is 2.40. The summed E-state index contributed by atoms with van der Waals surface area (Å²) in [6.45, 7) is 4.45. The van der Waals surface area contributed by atoms with Gasteiger partial charge in [0.1, 0.15) is 6.61 Å². The van der Waals surface area contributed by atoms with E-state index < -0.39 is 0 Å². The van der Waals surface area contributed by atoms with Crippen molar-refractivity contribution in [3.8, 4) is 0 Å². The molecule has 0 aliphatic heterocycles. The third-order valence-corrected chi connectivity index (χ3v) is 2.04. The zero-order valence-electron chi connectivity index (χ0n) is 8.69. The van der Waals surface area contributed by atoms with Gasteiger partial charge in [-0.1, -0.05) is 37.3 Å². The lowest BCUT2D eigenvalue weighted by Gasteiger charge is -2.11. The monoisotopic (exact) mass is 192 g/mol. The molecule has 0 unspecified atom stereocenters. The van der Waals surface area contributed by atoms with E-state index in [1.165, 1.54) is 12.5 Å². The summed E-state index contributed by atoms with van der Waals surface area (Å²) in [4.78, 5) is 10.6. The van der Waals surface area contributed by atoms with Crippen LogP contribution in [0.5, 0.6) is 0 Å². The molecule has 76 valence electrons. The fourth-order valence-corrected chi connectivity index (χ4v) is 1.26. The van der Waals surface area contributed by atoms with E-state index in [4.69, 9.17) is 4.74 Å². The fraction of sp³-hybridized carbons (Fsp3) is 0.417. The molecule has 0 bridgehead atoms. The summed E-state index contributed by atoms with van der Waals surface area (Å²) in [7, 11) is 0. The van der Waals surface area contributed by atoms with Gasteiger partial charge in [0.05, 0.1) is 6.61 Å². The molecule has 1 aromatic carbocycles. The lowest BCUT2D eigenvalue weighted by molar-refractivity contribution is -0.121. The highest BCUT2D eigenvalue weighted by Gasteiger charge is 2.04. The number of carbonyl (C=O) groups is 1. The van der Waals surface area contributed by atoms with Crippen molar-refractivity contribution >= 4 is 5.78 Å². The first-order chi connectivity index (χ1) is 6.70. The predicted molar refractivity (Wildman–Crippen MR) is 56.4 cm³/mol. The van der Waals surface area contributed by atoms with E-state index in [9.17, 15) is 4.79 Å². The van der Waals surface area contributed by atoms with Crippen LogP contribution < -0.4 is 0 Å². The van der Waals surface area contributed by atoms with E-state index in [1.54, 1.807) is 0 Å². The standard InChI is InChI=1S/C12H16O2/c1-10(8-14-9-11(2)13)12-6-4-3-5-7-12/h3-7,10H,8-9H2,1-2H3/t10-/m1/s1. The fourth-order valence-electron chi connectivity index (χ4n) is 1.26. The number of ether oxygens (including phenoxy) is 1. The molecule has 14 heavy (non-hydrogen) atoms. The van der Waals surface area contributed by atoms with Gasteiger partial charge >= 0.3 is 0 Å². The van der Waals surface area contributed by atoms with Gasteiger partial charge < -0.3 is 4.74 Å². The van der Waals surface area contributed by atoms with Gasteiger partial charge in [-0.15, -0.1) is 0 Å². The van der Waals surface area contributed by atoms with E-state index in [0.29, 0.717) is 12.5 Å². The topological polar surface area (TPSA) is 26.3 Å². The maximum atomic E-state index is 10.6. The van der Waals surface area contributed by atoms with Gasteiger partial charge in [0.25, 0.3) is 0 Å². The van der Waals surface area contributed by atoms with Crippen LogP contribution >= 0.6 is 0 Å². The van der Waals surface area contributed by atoms with Crippen molar-refractivity contribution in [2.75, 3.05) is 13.2 Å². The second kappa shape index (κ2) is 5.55. The van der Waals surface area contributed by atoms with E-state index >= 15 is 0 Å². The van der Waals surface area contributed by atoms with Crippen molar-refractivity contribution < 1.29 is 9.53 Å². The van der Waals surface area contributed by atoms with Crippen molar-refractivity contribution in [2.24, 2.45) is 0 Å². The molecule has 0 N–H and O–H groups in total. The van der Waals surface area contributed by atoms with Crippen LogP contribution in [0.3, 0.4) is 0 Å². The Morgan fingerprint density at radius 2 is 2.00 bits per heavy atom. The third kappa shape index (κ3) is 3.71. The summed E-state index contributed by atoms with van der Waals surface area (Å²) in [5, 5.41) is 0. The summed E-state index contributed by atoms with van der Waals surface area (Å²) in [5.74, 6) is 0.417. The van der Waals surface area contributed by atoms with Gasteiger partial charge in [-0.3, -0.25) is 4.79 Å². The van der Waals surface area contributed by atoms with Gasteiger partial charge in [0, 0.05) is 5.92 Å². The molecule has 0 saturated carbocycles. The zero-order chi connectivity index (χ0) is 10.4. The number of carbonyl (C=O) groups excluding carboxylic acids is 1. The summed E-state index contributed by atoms with van der Waals surface area (Å²) >= 11 is 0. The zero-order valence-corrected chi connectivity index (χ0v) is 8.69. The van der Waals surface area contributed by atoms with Gasteiger partial charge in [0.15, 0.2) is 5.78 Å². The number of benzene rings is 1. The molecule has 2 heteroatoms. The Labute approximate surface area is 84.9 Å². The van der Waals surface area contributed by atoms with Crippen LogP contribution in [0, 0.1) is 0 Å². The lowest BCUT2D eigenvalue weighted by Crippen LogP contribution is -2.09. The highest BCUT2D eigenvalue weighted by atomic mass is 16.5. The van der Waals surface area contributed by atoms with Gasteiger partial charge in [-0.05, 0) is 12.5 Å². The van der Waals surface area contributed by atoms with E-state index in [-0.39, 0.29) is 12.4 Å². The molecule has 0 aromatic heterocycles. The van der Waals surface area contributed by atoms with Gasteiger partial charge in [0.2, 0.25) is 0 Å². The van der Waals surface area contributed by atoms with E-state index in [1.807, 2.05) is 18.2 Å². The number of Topliss-reactive ketones (excluding diaryl/α,β-unsaturated/α-hetero) is 1. The molecule has 0 radical (unpaired) electrons. The van der Waals surface area contributed by atoms with Crippen LogP contribution in [0.2, 0.25) is 0 Å². The average Bonchev–Trinajstić information content (AvgIpc) is 2.18. The Bertz CT molecular complexity index is 280. The second-order valence-electron chi connectivity index (χ2n) is 3.53. The van der Waals surface area contributed by atoms with Crippen LogP contribution in [0.1, 0.15) is 25.3 Å². The van der Waals surface area contributed by atoms with Crippen molar-refractivity contribution in [1.29, 1.82) is 0 Å². The molecular weight excluding hydrogens is 176 g/mol. The Morgan fingerprint density at radius 1 is 1.36 bits per heavy atom. The summed E-state index contributed by atoms with van der Waals surface area (Å²) in [5.41, 5.74) is 1.25. The minimum atomic E-state index is 0.0743. The number of hydrogen-bond acceptors (Lipinski definition) is 2. The molecule has 1 rings (SSSR count). The highest BCUT2D eigenvalue weighted by Crippen LogP contribution is 2.14. The summed E-state index contributed by atoms with van der Waals surface area (Å²) < 4.78 is 5.26. The van der Waals surface area contributed by atoms with Crippen LogP contribution in [-0.2, 0) is 9.53 Å². The molecule has 0 spiro atoms. The van der Waals surface area contributed by atoms with E-state index in [0.717, 1.165) is 0 Å². The largest absolute Gasteiger partial charge is 0.373 e. The van der Waals surface area contributed by atoms with Crippen LogP contribution in [0.4, 0.5) is 0 Å². The summed E-state index contributed by atoms with van der Waals surface area (Å²) in [6.07, 6.45) is 0. The second-order valence-corrected chi connectivity index (χ2v) is 3.53. The minimum Gasteiger partial charge on any atom is -0.373 e. The molecular formula is C12H16O2. The van der Waals surface area contributed by atoms with Crippen LogP contribution in [0.15, 0.2) is 30.3 Å². The normalized spacial score (nSPS) is 12.4. The molecule has 0 aliphatic rings. The Hall–Kier alpha value is -1.15. The Kier molecular flexibility index (Phi) is 4.33. The molecule has 0 heterocycles. The van der Waals surface area contributed by atoms with Crippen LogP contribution in [0.25, 0.3) is 0 Å². The first-order valence-electron chi connectivity index (χ1n) is 4.82. The van der Waals surface area contributed by atoms with Gasteiger partial charge in [-0.2, -0.15) is 0 Å². The number of ketones is 1. The lowest BCUT2D eigenvalue weighted by atomic mass is 10.0. The quantitative estimate of drug-likeness (QED) is 0.716. The number of rotatable bonds is 5. The summed E-state index contributed by atoms with van der Waals surface area (Å²) in [6, 6.07) is 10.2. The molecule has 0 saturated heterocycles. The Balaban J connectivity index is 2.36. The van der Waals surface area contributed by atoms with Crippen molar-refractivity contribution in [2.45, 2.75) is 19.8 Å². The number of hydrogen-bond donors (Lipinski definition) is 0. The molecule has 0 fully saturated rings. The first-order valence-corrected chi connectivity index (χ1v) is 4.82. The maximum absolute atomic E-state index is 10.6. The van der Waals surface area contributed by atoms with Crippen LogP contribution in [-0.4, -0.2) is 19.0 Å². The third-order valence-electron chi connectivity index (χ3n) is 2.04. The molecule has 0 aliphatic carbocycles. The molecule has 1 aromatic rings. The highest BCUT2D eigenvalue weighted by molar-refractivity contribution is 5.76.